The number of nitrogens with one attached hydrogen (secondary N) is 1. The highest BCUT2D eigenvalue weighted by molar-refractivity contribution is 7.99. The predicted molar refractivity (Wildman–Crippen MR) is 71.1 cm³/mol. The van der Waals surface area contributed by atoms with E-state index in [0.717, 1.165) is 6.61 Å². The van der Waals surface area contributed by atoms with Crippen molar-refractivity contribution in [1.82, 2.24) is 5.32 Å². The minimum Gasteiger partial charge on any atom is -0.377 e. The molecule has 0 bridgehead atoms. The molecule has 0 aromatic heterocycles. The van der Waals surface area contributed by atoms with Crippen LogP contribution in [0.5, 0.6) is 0 Å². The van der Waals surface area contributed by atoms with E-state index in [1.807, 2.05) is 0 Å². The van der Waals surface area contributed by atoms with Crippen molar-refractivity contribution >= 4 is 11.8 Å². The Balaban J connectivity index is 1.79. The molecule has 3 unspecified atom stereocenters. The lowest BCUT2D eigenvalue weighted by Crippen LogP contribution is -2.48. The highest BCUT2D eigenvalue weighted by Crippen LogP contribution is 2.33. The molecule has 0 amide bonds. The SMILES string of the molecule is CC(NC1CSCC(C)(C)C1)C1CCCO1. The van der Waals surface area contributed by atoms with E-state index in [-0.39, 0.29) is 0 Å². The van der Waals surface area contributed by atoms with Crippen LogP contribution in [0.3, 0.4) is 0 Å². The molecule has 0 aromatic carbocycles. The van der Waals surface area contributed by atoms with Gasteiger partial charge in [-0.2, -0.15) is 11.8 Å². The van der Waals surface area contributed by atoms with Gasteiger partial charge in [0, 0.05) is 24.4 Å². The van der Waals surface area contributed by atoms with Crippen molar-refractivity contribution in [3.8, 4) is 0 Å². The summed E-state index contributed by atoms with van der Waals surface area (Å²) in [6, 6.07) is 1.19. The standard InChI is InChI=1S/C13H25NOS/c1-10(12-5-4-6-15-12)14-11-7-13(2,3)9-16-8-11/h10-12,14H,4-9H2,1-3H3. The summed E-state index contributed by atoms with van der Waals surface area (Å²) in [6.45, 7) is 8.00. The van der Waals surface area contributed by atoms with Crippen LogP contribution in [0.1, 0.15) is 40.0 Å². The molecule has 3 atom stereocenters. The first-order valence-corrected chi connectivity index (χ1v) is 7.68. The Kier molecular flexibility index (Phi) is 4.20. The van der Waals surface area contributed by atoms with Gasteiger partial charge in [0.1, 0.15) is 0 Å². The van der Waals surface area contributed by atoms with Gasteiger partial charge in [0.25, 0.3) is 0 Å². The smallest absolute Gasteiger partial charge is 0.0726 e. The van der Waals surface area contributed by atoms with Gasteiger partial charge < -0.3 is 10.1 Å². The first-order valence-electron chi connectivity index (χ1n) is 6.52. The molecular formula is C13H25NOS. The zero-order valence-electron chi connectivity index (χ0n) is 10.8. The highest BCUT2D eigenvalue weighted by atomic mass is 32.2. The van der Waals surface area contributed by atoms with E-state index in [0.29, 0.717) is 23.6 Å². The lowest BCUT2D eigenvalue weighted by molar-refractivity contribution is 0.0782. The lowest BCUT2D eigenvalue weighted by Gasteiger charge is -2.37. The number of hydrogen-bond acceptors (Lipinski definition) is 3. The molecule has 0 aliphatic carbocycles. The first-order chi connectivity index (χ1) is 7.57. The maximum Gasteiger partial charge on any atom is 0.0726 e. The topological polar surface area (TPSA) is 21.3 Å². The van der Waals surface area contributed by atoms with E-state index in [9.17, 15) is 0 Å². The van der Waals surface area contributed by atoms with E-state index in [4.69, 9.17) is 4.74 Å². The van der Waals surface area contributed by atoms with Crippen LogP contribution < -0.4 is 5.32 Å². The average molecular weight is 243 g/mol. The van der Waals surface area contributed by atoms with Crippen molar-refractivity contribution < 1.29 is 4.74 Å². The number of ether oxygens (including phenoxy) is 1. The Morgan fingerprint density at radius 1 is 1.44 bits per heavy atom. The maximum absolute atomic E-state index is 5.74. The van der Waals surface area contributed by atoms with Crippen molar-refractivity contribution in [2.75, 3.05) is 18.1 Å². The van der Waals surface area contributed by atoms with Crippen LogP contribution in [-0.2, 0) is 4.74 Å². The molecule has 2 rings (SSSR count). The number of thioether (sulfide) groups is 1. The quantitative estimate of drug-likeness (QED) is 0.823. The second kappa shape index (κ2) is 5.28. The molecule has 1 N–H and O–H groups in total. The molecule has 2 nitrogen and oxygen atoms in total. The molecule has 3 heteroatoms. The summed E-state index contributed by atoms with van der Waals surface area (Å²) in [5.74, 6) is 2.57. The molecule has 2 aliphatic rings. The lowest BCUT2D eigenvalue weighted by atomic mass is 9.87. The third-order valence-electron chi connectivity index (χ3n) is 3.63. The molecule has 2 saturated heterocycles. The van der Waals surface area contributed by atoms with E-state index in [1.165, 1.54) is 30.8 Å². The maximum atomic E-state index is 5.74. The summed E-state index contributed by atoms with van der Waals surface area (Å²) < 4.78 is 5.74. The van der Waals surface area contributed by atoms with Crippen molar-refractivity contribution in [3.63, 3.8) is 0 Å². The van der Waals surface area contributed by atoms with Crippen LogP contribution in [0.2, 0.25) is 0 Å². The molecule has 0 spiro atoms. The fourth-order valence-corrected chi connectivity index (χ4v) is 4.13. The number of rotatable bonds is 3. The minimum atomic E-state index is 0.454. The van der Waals surface area contributed by atoms with Crippen LogP contribution in [0.25, 0.3) is 0 Å². The summed E-state index contributed by atoms with van der Waals surface area (Å²) in [4.78, 5) is 0. The van der Waals surface area contributed by atoms with Crippen LogP contribution in [0.15, 0.2) is 0 Å². The van der Waals surface area contributed by atoms with Crippen LogP contribution in [0, 0.1) is 5.41 Å². The highest BCUT2D eigenvalue weighted by Gasteiger charge is 2.31. The predicted octanol–water partition coefficient (Wildman–Crippen LogP) is 2.68. The van der Waals surface area contributed by atoms with Crippen LogP contribution >= 0.6 is 11.8 Å². The minimum absolute atomic E-state index is 0.454. The second-order valence-electron chi connectivity index (χ2n) is 6.09. The third-order valence-corrected chi connectivity index (χ3v) is 5.26. The van der Waals surface area contributed by atoms with Crippen molar-refractivity contribution in [2.24, 2.45) is 5.41 Å². The Morgan fingerprint density at radius 3 is 2.88 bits per heavy atom. The van der Waals surface area contributed by atoms with Crippen molar-refractivity contribution in [1.29, 1.82) is 0 Å². The normalized spacial score (nSPS) is 36.2. The van der Waals surface area contributed by atoms with Gasteiger partial charge in [-0.15, -0.1) is 0 Å². The Labute approximate surface area is 104 Å². The van der Waals surface area contributed by atoms with Gasteiger partial charge in [-0.3, -0.25) is 0 Å². The summed E-state index contributed by atoms with van der Waals surface area (Å²) >= 11 is 2.09. The zero-order valence-corrected chi connectivity index (χ0v) is 11.6. The van der Waals surface area contributed by atoms with Gasteiger partial charge in [-0.05, 0) is 37.4 Å². The summed E-state index contributed by atoms with van der Waals surface area (Å²) in [5.41, 5.74) is 0.497. The van der Waals surface area contributed by atoms with E-state index in [2.05, 4.69) is 37.8 Å². The fraction of sp³-hybridized carbons (Fsp3) is 1.00. The summed E-state index contributed by atoms with van der Waals surface area (Å²) in [7, 11) is 0. The molecular weight excluding hydrogens is 218 g/mol. The van der Waals surface area contributed by atoms with Gasteiger partial charge in [-0.1, -0.05) is 13.8 Å². The van der Waals surface area contributed by atoms with Gasteiger partial charge in [0.15, 0.2) is 0 Å². The summed E-state index contributed by atoms with van der Waals surface area (Å²) in [6.07, 6.45) is 4.23. The van der Waals surface area contributed by atoms with Gasteiger partial charge >= 0.3 is 0 Å². The molecule has 2 fully saturated rings. The largest absolute Gasteiger partial charge is 0.377 e. The number of hydrogen-bond donors (Lipinski definition) is 1. The molecule has 16 heavy (non-hydrogen) atoms. The summed E-state index contributed by atoms with van der Waals surface area (Å²) in [5, 5.41) is 3.77. The van der Waals surface area contributed by atoms with Crippen LogP contribution in [0.4, 0.5) is 0 Å². The second-order valence-corrected chi connectivity index (χ2v) is 7.12. The Bertz CT molecular complexity index is 226. The van der Waals surface area contributed by atoms with E-state index < -0.39 is 0 Å². The third kappa shape index (κ3) is 3.38. The monoisotopic (exact) mass is 243 g/mol. The van der Waals surface area contributed by atoms with E-state index in [1.54, 1.807) is 0 Å². The molecule has 94 valence electrons. The van der Waals surface area contributed by atoms with Gasteiger partial charge in [0.2, 0.25) is 0 Å². The molecule has 0 aromatic rings. The van der Waals surface area contributed by atoms with Crippen molar-refractivity contribution in [3.05, 3.63) is 0 Å². The Morgan fingerprint density at radius 2 is 2.25 bits per heavy atom. The molecule has 0 saturated carbocycles. The zero-order chi connectivity index (χ0) is 11.6. The van der Waals surface area contributed by atoms with E-state index >= 15 is 0 Å². The van der Waals surface area contributed by atoms with Gasteiger partial charge in [0.05, 0.1) is 6.10 Å². The fourth-order valence-electron chi connectivity index (χ4n) is 2.85. The molecule has 0 radical (unpaired) electrons. The van der Waals surface area contributed by atoms with Crippen LogP contribution in [-0.4, -0.2) is 36.3 Å². The van der Waals surface area contributed by atoms with Gasteiger partial charge in [-0.25, -0.2) is 0 Å². The Hall–Kier alpha value is 0.270. The van der Waals surface area contributed by atoms with Crippen molar-refractivity contribution in [2.45, 2.75) is 58.2 Å². The molecule has 2 heterocycles. The first kappa shape index (κ1) is 12.7. The average Bonchev–Trinajstić information content (AvgIpc) is 2.68. The molecule has 2 aliphatic heterocycles.